The minimum absolute atomic E-state index is 0.974. The molecule has 0 aliphatic rings. The predicted octanol–water partition coefficient (Wildman–Crippen LogP) is 4.96. The van der Waals surface area contributed by atoms with Gasteiger partial charge in [0.25, 0.3) is 0 Å². The van der Waals surface area contributed by atoms with Crippen molar-refractivity contribution in [2.45, 2.75) is 11.8 Å². The van der Waals surface area contributed by atoms with E-state index in [0.29, 0.717) is 0 Å². The largest absolute Gasteiger partial charge is 0.384 e. The summed E-state index contributed by atoms with van der Waals surface area (Å²) in [5.41, 5.74) is 2.49. The van der Waals surface area contributed by atoms with Crippen LogP contribution in [-0.4, -0.2) is 12.3 Å². The molecule has 0 fully saturated rings. The number of hydrogen-bond acceptors (Lipinski definition) is 2. The number of thioether (sulfide) groups is 1. The van der Waals surface area contributed by atoms with E-state index < -0.39 is 0 Å². The summed E-state index contributed by atoms with van der Waals surface area (Å²) in [6.45, 7) is 3.10. The molecule has 0 amide bonds. The molecule has 2 aromatic carbocycles. The Morgan fingerprint density at radius 2 is 1.89 bits per heavy atom. The van der Waals surface area contributed by atoms with E-state index in [1.165, 1.54) is 16.1 Å². The first-order valence-corrected chi connectivity index (χ1v) is 7.71. The zero-order chi connectivity index (χ0) is 12.8. The van der Waals surface area contributed by atoms with Crippen molar-refractivity contribution >= 4 is 33.4 Å². The van der Waals surface area contributed by atoms with Crippen LogP contribution in [0.3, 0.4) is 0 Å². The Hall–Kier alpha value is -0.930. The van der Waals surface area contributed by atoms with Gasteiger partial charge in [0.2, 0.25) is 0 Å². The van der Waals surface area contributed by atoms with E-state index in [1.807, 2.05) is 17.8 Å². The molecule has 0 aromatic heterocycles. The molecule has 0 aliphatic heterocycles. The van der Waals surface area contributed by atoms with Gasteiger partial charge < -0.3 is 5.32 Å². The van der Waals surface area contributed by atoms with Crippen LogP contribution >= 0.6 is 27.7 Å². The zero-order valence-electron chi connectivity index (χ0n) is 10.3. The Bertz CT molecular complexity index is 499. The lowest BCUT2D eigenvalue weighted by Gasteiger charge is -2.09. The molecular formula is C15H16BrNS. The van der Waals surface area contributed by atoms with E-state index in [-0.39, 0.29) is 0 Å². The number of rotatable bonds is 5. The third-order valence-electron chi connectivity index (χ3n) is 2.62. The highest BCUT2D eigenvalue weighted by Gasteiger charge is 1.98. The molecule has 0 bridgehead atoms. The highest BCUT2D eigenvalue weighted by molar-refractivity contribution is 9.10. The Morgan fingerprint density at radius 3 is 2.61 bits per heavy atom. The zero-order valence-corrected chi connectivity index (χ0v) is 12.7. The monoisotopic (exact) mass is 321 g/mol. The van der Waals surface area contributed by atoms with Crippen molar-refractivity contribution in [2.75, 3.05) is 17.6 Å². The lowest BCUT2D eigenvalue weighted by molar-refractivity contribution is 1.21. The van der Waals surface area contributed by atoms with Gasteiger partial charge >= 0.3 is 0 Å². The lowest BCUT2D eigenvalue weighted by Crippen LogP contribution is -2.05. The van der Waals surface area contributed by atoms with E-state index in [9.17, 15) is 0 Å². The Kier molecular flexibility index (Phi) is 5.14. The molecule has 0 atom stereocenters. The molecule has 1 N–H and O–H groups in total. The molecule has 18 heavy (non-hydrogen) atoms. The number of nitrogens with one attached hydrogen (secondary N) is 1. The van der Waals surface area contributed by atoms with Crippen molar-refractivity contribution in [2.24, 2.45) is 0 Å². The molecule has 2 rings (SSSR count). The summed E-state index contributed by atoms with van der Waals surface area (Å²) in [4.78, 5) is 1.33. The molecule has 0 unspecified atom stereocenters. The quantitative estimate of drug-likeness (QED) is 0.617. The van der Waals surface area contributed by atoms with Gasteiger partial charge in [-0.15, -0.1) is 11.8 Å². The number of aryl methyl sites for hydroxylation is 1. The average molecular weight is 322 g/mol. The van der Waals surface area contributed by atoms with E-state index in [2.05, 4.69) is 70.6 Å². The van der Waals surface area contributed by atoms with Gasteiger partial charge in [-0.25, -0.2) is 0 Å². The third kappa shape index (κ3) is 4.07. The standard InChI is InChI=1S/C15H16BrNS/c1-12-11-13(16)7-8-15(12)17-9-10-18-14-5-3-2-4-6-14/h2-8,11,17H,9-10H2,1H3. The fourth-order valence-corrected chi connectivity index (χ4v) is 2.96. The van der Waals surface area contributed by atoms with Crippen LogP contribution in [0.4, 0.5) is 5.69 Å². The molecule has 0 saturated carbocycles. The number of hydrogen-bond donors (Lipinski definition) is 1. The Morgan fingerprint density at radius 1 is 1.11 bits per heavy atom. The van der Waals surface area contributed by atoms with Crippen molar-refractivity contribution in [3.8, 4) is 0 Å². The predicted molar refractivity (Wildman–Crippen MR) is 84.5 cm³/mol. The maximum atomic E-state index is 3.48. The van der Waals surface area contributed by atoms with Gasteiger partial charge in [-0.1, -0.05) is 34.1 Å². The lowest BCUT2D eigenvalue weighted by atomic mass is 10.2. The molecule has 0 radical (unpaired) electrons. The fraction of sp³-hybridized carbons (Fsp3) is 0.200. The second kappa shape index (κ2) is 6.86. The summed E-state index contributed by atoms with van der Waals surface area (Å²) in [5.74, 6) is 1.07. The van der Waals surface area contributed by atoms with Crippen LogP contribution in [0.2, 0.25) is 0 Å². The van der Waals surface area contributed by atoms with Gasteiger partial charge in [-0.2, -0.15) is 0 Å². The van der Waals surface area contributed by atoms with E-state index in [0.717, 1.165) is 16.8 Å². The molecule has 0 saturated heterocycles. The molecule has 1 nitrogen and oxygen atoms in total. The average Bonchev–Trinajstić information content (AvgIpc) is 2.38. The Balaban J connectivity index is 1.79. The molecule has 3 heteroatoms. The molecular weight excluding hydrogens is 306 g/mol. The summed E-state index contributed by atoms with van der Waals surface area (Å²) in [7, 11) is 0. The van der Waals surface area contributed by atoms with Gasteiger partial charge in [0.1, 0.15) is 0 Å². The van der Waals surface area contributed by atoms with Gasteiger partial charge in [0.05, 0.1) is 0 Å². The van der Waals surface area contributed by atoms with E-state index in [4.69, 9.17) is 0 Å². The minimum Gasteiger partial charge on any atom is -0.384 e. The van der Waals surface area contributed by atoms with Gasteiger partial charge in [0.15, 0.2) is 0 Å². The maximum Gasteiger partial charge on any atom is 0.0370 e. The summed E-state index contributed by atoms with van der Waals surface area (Å²) in [6.07, 6.45) is 0. The van der Waals surface area contributed by atoms with Crippen molar-refractivity contribution < 1.29 is 0 Å². The molecule has 2 aromatic rings. The van der Waals surface area contributed by atoms with Gasteiger partial charge in [-0.05, 0) is 42.8 Å². The van der Waals surface area contributed by atoms with Crippen LogP contribution in [0.15, 0.2) is 57.9 Å². The summed E-state index contributed by atoms with van der Waals surface area (Å²) >= 11 is 5.35. The first kappa shape index (κ1) is 13.5. The number of anilines is 1. The number of benzene rings is 2. The normalized spacial score (nSPS) is 10.3. The SMILES string of the molecule is Cc1cc(Br)ccc1NCCSc1ccccc1. The van der Waals surface area contributed by atoms with Crippen LogP contribution < -0.4 is 5.32 Å². The van der Waals surface area contributed by atoms with Crippen LogP contribution in [0, 0.1) is 6.92 Å². The molecule has 94 valence electrons. The van der Waals surface area contributed by atoms with Gasteiger partial charge in [0, 0.05) is 27.4 Å². The van der Waals surface area contributed by atoms with Crippen molar-refractivity contribution in [1.29, 1.82) is 0 Å². The summed E-state index contributed by atoms with van der Waals surface area (Å²) < 4.78 is 1.13. The Labute approximate surface area is 121 Å². The highest BCUT2D eigenvalue weighted by atomic mass is 79.9. The van der Waals surface area contributed by atoms with E-state index >= 15 is 0 Å². The van der Waals surface area contributed by atoms with Crippen LogP contribution in [0.25, 0.3) is 0 Å². The maximum absolute atomic E-state index is 3.48. The molecule has 0 aliphatic carbocycles. The second-order valence-electron chi connectivity index (χ2n) is 4.05. The molecule has 0 spiro atoms. The van der Waals surface area contributed by atoms with Crippen molar-refractivity contribution in [3.05, 3.63) is 58.6 Å². The third-order valence-corrected chi connectivity index (χ3v) is 4.12. The second-order valence-corrected chi connectivity index (χ2v) is 6.13. The first-order valence-electron chi connectivity index (χ1n) is 5.93. The van der Waals surface area contributed by atoms with Gasteiger partial charge in [-0.3, -0.25) is 0 Å². The summed E-state index contributed by atoms with van der Waals surface area (Å²) in [5, 5.41) is 3.47. The first-order chi connectivity index (χ1) is 8.75. The smallest absolute Gasteiger partial charge is 0.0370 e. The van der Waals surface area contributed by atoms with Crippen LogP contribution in [0.1, 0.15) is 5.56 Å². The summed E-state index contributed by atoms with van der Waals surface area (Å²) in [6, 6.07) is 16.8. The van der Waals surface area contributed by atoms with Crippen molar-refractivity contribution in [3.63, 3.8) is 0 Å². The highest BCUT2D eigenvalue weighted by Crippen LogP contribution is 2.21. The minimum atomic E-state index is 0.974. The number of halogens is 1. The fourth-order valence-electron chi connectivity index (χ4n) is 1.70. The molecule has 0 heterocycles. The van der Waals surface area contributed by atoms with Crippen molar-refractivity contribution in [1.82, 2.24) is 0 Å². The van der Waals surface area contributed by atoms with E-state index in [1.54, 1.807) is 0 Å². The van der Waals surface area contributed by atoms with Crippen LogP contribution in [0.5, 0.6) is 0 Å². The topological polar surface area (TPSA) is 12.0 Å². The van der Waals surface area contributed by atoms with Crippen LogP contribution in [-0.2, 0) is 0 Å².